The van der Waals surface area contributed by atoms with Crippen molar-refractivity contribution in [2.45, 2.75) is 82.0 Å². The van der Waals surface area contributed by atoms with E-state index in [1.165, 1.54) is 0 Å². The summed E-state index contributed by atoms with van der Waals surface area (Å²) in [5.41, 5.74) is 2.64. The van der Waals surface area contributed by atoms with Crippen molar-refractivity contribution in [3.05, 3.63) is 75.0 Å². The van der Waals surface area contributed by atoms with Gasteiger partial charge in [-0.25, -0.2) is 0 Å². The number of ether oxygens (including phenoxy) is 1. The SMILES string of the molecule is CC(C)(C#N)c1cccc([C@]2(O)[C@@H]3CC[C@H]2C[C@H](OCc2c(-c4c(Cl)cccc4Cl)noc2C2CC2)C3)c1. The van der Waals surface area contributed by atoms with Crippen LogP contribution < -0.4 is 0 Å². The minimum atomic E-state index is -0.895. The van der Waals surface area contributed by atoms with Gasteiger partial charge in [-0.3, -0.25) is 0 Å². The van der Waals surface area contributed by atoms with E-state index in [4.69, 9.17) is 32.5 Å². The third kappa shape index (κ3) is 4.36. The lowest BCUT2D eigenvalue weighted by Crippen LogP contribution is -2.44. The van der Waals surface area contributed by atoms with E-state index in [9.17, 15) is 10.4 Å². The van der Waals surface area contributed by atoms with Crippen LogP contribution in [-0.2, 0) is 22.4 Å². The van der Waals surface area contributed by atoms with Crippen LogP contribution in [0.25, 0.3) is 11.3 Å². The molecule has 1 heterocycles. The van der Waals surface area contributed by atoms with Crippen molar-refractivity contribution in [3.8, 4) is 17.3 Å². The second-order valence-electron chi connectivity index (χ2n) is 11.8. The number of nitrogens with zero attached hydrogens (tertiary/aromatic N) is 2. The molecule has 0 unspecified atom stereocenters. The van der Waals surface area contributed by atoms with Crippen LogP contribution in [0.15, 0.2) is 47.0 Å². The molecule has 2 bridgehead atoms. The van der Waals surface area contributed by atoms with Gasteiger partial charge in [-0.1, -0.05) is 58.7 Å². The van der Waals surface area contributed by atoms with Crippen LogP contribution in [-0.4, -0.2) is 16.4 Å². The Kier molecular flexibility index (Phi) is 6.60. The molecule has 3 aliphatic rings. The zero-order valence-electron chi connectivity index (χ0n) is 21.7. The molecule has 0 aliphatic heterocycles. The Morgan fingerprint density at radius 3 is 2.37 bits per heavy atom. The molecule has 3 saturated carbocycles. The van der Waals surface area contributed by atoms with Crippen molar-refractivity contribution >= 4 is 23.2 Å². The van der Waals surface area contributed by atoms with E-state index >= 15 is 0 Å². The number of rotatable bonds is 7. The smallest absolute Gasteiger partial charge is 0.145 e. The fourth-order valence-corrected chi connectivity index (χ4v) is 7.16. The van der Waals surface area contributed by atoms with Gasteiger partial charge in [0.1, 0.15) is 11.5 Å². The Balaban J connectivity index is 1.23. The van der Waals surface area contributed by atoms with Crippen LogP contribution in [0.2, 0.25) is 10.0 Å². The zero-order chi connectivity index (χ0) is 26.7. The van der Waals surface area contributed by atoms with Gasteiger partial charge in [0, 0.05) is 17.0 Å². The maximum Gasteiger partial charge on any atom is 0.145 e. The quantitative estimate of drug-likeness (QED) is 0.323. The van der Waals surface area contributed by atoms with Crippen molar-refractivity contribution < 1.29 is 14.4 Å². The predicted octanol–water partition coefficient (Wildman–Crippen LogP) is 7.92. The molecular formula is C31H32Cl2N2O3. The first kappa shape index (κ1) is 25.9. The van der Waals surface area contributed by atoms with Crippen LogP contribution in [0.3, 0.4) is 0 Å². The first-order valence-electron chi connectivity index (χ1n) is 13.5. The molecule has 1 aromatic heterocycles. The van der Waals surface area contributed by atoms with Gasteiger partial charge in [-0.05, 0) is 87.5 Å². The van der Waals surface area contributed by atoms with E-state index in [1.54, 1.807) is 0 Å². The highest BCUT2D eigenvalue weighted by molar-refractivity contribution is 6.39. The summed E-state index contributed by atoms with van der Waals surface area (Å²) in [6, 6.07) is 15.8. The molecule has 3 aliphatic carbocycles. The van der Waals surface area contributed by atoms with Gasteiger partial charge in [0.2, 0.25) is 0 Å². The average molecular weight is 552 g/mol. The highest BCUT2D eigenvalue weighted by Gasteiger charge is 2.54. The Bertz CT molecular complexity index is 1370. The minimum absolute atomic E-state index is 0.0306. The molecule has 0 radical (unpaired) electrons. The third-order valence-electron chi connectivity index (χ3n) is 8.96. The molecule has 3 aromatic rings. The summed E-state index contributed by atoms with van der Waals surface area (Å²) >= 11 is 13.0. The first-order chi connectivity index (χ1) is 18.2. The Morgan fingerprint density at radius 2 is 1.74 bits per heavy atom. The highest BCUT2D eigenvalue weighted by Crippen LogP contribution is 2.56. The summed E-state index contributed by atoms with van der Waals surface area (Å²) in [4.78, 5) is 0. The summed E-state index contributed by atoms with van der Waals surface area (Å²) in [5, 5.41) is 27.2. The van der Waals surface area contributed by atoms with Crippen LogP contribution in [0.1, 0.15) is 80.7 Å². The van der Waals surface area contributed by atoms with Gasteiger partial charge in [-0.15, -0.1) is 0 Å². The molecule has 38 heavy (non-hydrogen) atoms. The molecule has 5 nitrogen and oxygen atoms in total. The zero-order valence-corrected chi connectivity index (χ0v) is 23.2. The molecule has 6 rings (SSSR count). The molecule has 0 saturated heterocycles. The maximum absolute atomic E-state index is 12.1. The van der Waals surface area contributed by atoms with Crippen LogP contribution in [0, 0.1) is 23.2 Å². The normalized spacial score (nSPS) is 26.9. The monoisotopic (exact) mass is 550 g/mol. The van der Waals surface area contributed by atoms with Gasteiger partial charge in [-0.2, -0.15) is 5.26 Å². The number of aromatic nitrogens is 1. The predicted molar refractivity (Wildman–Crippen MR) is 147 cm³/mol. The standard InChI is InChI=1S/C31H32Cl2N2O3/c1-30(2,17-34)19-5-3-6-20(13-19)31(36)21-11-12-22(31)15-23(14-21)37-16-24-28(35-38-29(24)18-9-10-18)27-25(32)7-4-8-26(27)33/h3-8,13,18,21-23,36H,9-12,14-16H2,1-2H3/t21-,22+,23-,31+. The van der Waals surface area contributed by atoms with E-state index in [0.29, 0.717) is 33.8 Å². The third-order valence-corrected chi connectivity index (χ3v) is 9.59. The van der Waals surface area contributed by atoms with Crippen molar-refractivity contribution in [2.75, 3.05) is 0 Å². The lowest BCUT2D eigenvalue weighted by Gasteiger charge is -2.43. The molecule has 1 N–H and O–H groups in total. The molecular weight excluding hydrogens is 519 g/mol. The Morgan fingerprint density at radius 1 is 1.08 bits per heavy atom. The number of fused-ring (bicyclic) bond motifs is 2. The van der Waals surface area contributed by atoms with Crippen molar-refractivity contribution in [2.24, 2.45) is 11.8 Å². The van der Waals surface area contributed by atoms with Crippen molar-refractivity contribution in [1.82, 2.24) is 5.16 Å². The fourth-order valence-electron chi connectivity index (χ4n) is 6.58. The lowest BCUT2D eigenvalue weighted by atomic mass is 9.69. The summed E-state index contributed by atoms with van der Waals surface area (Å²) in [6.45, 7) is 4.21. The largest absolute Gasteiger partial charge is 0.385 e. The summed E-state index contributed by atoms with van der Waals surface area (Å²) in [7, 11) is 0. The van der Waals surface area contributed by atoms with Crippen molar-refractivity contribution in [1.29, 1.82) is 5.26 Å². The molecule has 2 aromatic carbocycles. The molecule has 7 heteroatoms. The summed E-state index contributed by atoms with van der Waals surface area (Å²) in [6.07, 6.45) is 5.70. The molecule has 4 atom stereocenters. The number of halogens is 2. The second-order valence-corrected chi connectivity index (χ2v) is 12.6. The fraction of sp³-hybridized carbons (Fsp3) is 0.484. The van der Waals surface area contributed by atoms with Gasteiger partial charge in [0.15, 0.2) is 0 Å². The highest BCUT2D eigenvalue weighted by atomic mass is 35.5. The van der Waals surface area contributed by atoms with Crippen LogP contribution >= 0.6 is 23.2 Å². The number of benzene rings is 2. The van der Waals surface area contributed by atoms with E-state index in [2.05, 4.69) is 11.2 Å². The van der Waals surface area contributed by atoms with E-state index in [0.717, 1.165) is 61.0 Å². The molecule has 0 spiro atoms. The van der Waals surface area contributed by atoms with Gasteiger partial charge < -0.3 is 14.4 Å². The van der Waals surface area contributed by atoms with Crippen molar-refractivity contribution in [3.63, 3.8) is 0 Å². The molecule has 3 fully saturated rings. The van der Waals surface area contributed by atoms with E-state index in [1.807, 2.05) is 56.3 Å². The number of hydrogen-bond donors (Lipinski definition) is 1. The van der Waals surface area contributed by atoms with E-state index < -0.39 is 11.0 Å². The van der Waals surface area contributed by atoms with Crippen LogP contribution in [0.5, 0.6) is 0 Å². The Hall–Kier alpha value is -2.36. The maximum atomic E-state index is 12.1. The topological polar surface area (TPSA) is 79.3 Å². The first-order valence-corrected chi connectivity index (χ1v) is 14.3. The lowest BCUT2D eigenvalue weighted by molar-refractivity contribution is -0.116. The average Bonchev–Trinajstić information content (AvgIpc) is 3.65. The van der Waals surface area contributed by atoms with Crippen LogP contribution in [0.4, 0.5) is 0 Å². The number of hydrogen-bond acceptors (Lipinski definition) is 5. The molecule has 198 valence electrons. The number of nitriles is 1. The Labute approximate surface area is 233 Å². The molecule has 0 amide bonds. The summed E-state index contributed by atoms with van der Waals surface area (Å²) < 4.78 is 12.4. The van der Waals surface area contributed by atoms with Gasteiger partial charge in [0.05, 0.1) is 39.8 Å². The number of aliphatic hydroxyl groups is 1. The summed E-state index contributed by atoms with van der Waals surface area (Å²) in [5.74, 6) is 1.46. The van der Waals surface area contributed by atoms with E-state index in [-0.39, 0.29) is 17.9 Å². The van der Waals surface area contributed by atoms with Gasteiger partial charge >= 0.3 is 0 Å². The second kappa shape index (κ2) is 9.68. The van der Waals surface area contributed by atoms with Gasteiger partial charge in [0.25, 0.3) is 0 Å². The minimum Gasteiger partial charge on any atom is -0.385 e.